The molecule has 2 aromatic rings. The van der Waals surface area contributed by atoms with E-state index in [1.807, 2.05) is 47.5 Å². The fourth-order valence-electron chi connectivity index (χ4n) is 2.86. The lowest BCUT2D eigenvalue weighted by molar-refractivity contribution is -0.127. The average molecular weight is 337 g/mol. The standard InChI is InChI=1S/C20H23N3O2/c1-25-19-7-4-17(5-8-19)6-9-20(24)23-13-11-22(12-14-23)16-18-3-2-10-21-15-18/h2-10,15H,11-14,16H2,1H3/b9-6+. The Balaban J connectivity index is 1.48. The van der Waals surface area contributed by atoms with E-state index in [9.17, 15) is 4.79 Å². The van der Waals surface area contributed by atoms with E-state index in [-0.39, 0.29) is 5.91 Å². The van der Waals surface area contributed by atoms with Crippen LogP contribution >= 0.6 is 0 Å². The second kappa shape index (κ2) is 8.44. The van der Waals surface area contributed by atoms with Gasteiger partial charge in [-0.2, -0.15) is 0 Å². The normalized spacial score (nSPS) is 15.5. The summed E-state index contributed by atoms with van der Waals surface area (Å²) < 4.78 is 5.13. The van der Waals surface area contributed by atoms with Crippen LogP contribution in [-0.4, -0.2) is 54.0 Å². The van der Waals surface area contributed by atoms with Gasteiger partial charge >= 0.3 is 0 Å². The minimum atomic E-state index is 0.0665. The molecule has 0 unspecified atom stereocenters. The quantitative estimate of drug-likeness (QED) is 0.786. The van der Waals surface area contributed by atoms with Crippen molar-refractivity contribution in [1.82, 2.24) is 14.8 Å². The van der Waals surface area contributed by atoms with Crippen LogP contribution in [0.2, 0.25) is 0 Å². The van der Waals surface area contributed by atoms with Crippen LogP contribution in [0, 0.1) is 0 Å². The number of benzene rings is 1. The smallest absolute Gasteiger partial charge is 0.246 e. The maximum absolute atomic E-state index is 12.3. The summed E-state index contributed by atoms with van der Waals surface area (Å²) in [6, 6.07) is 11.7. The number of nitrogens with zero attached hydrogens (tertiary/aromatic N) is 3. The van der Waals surface area contributed by atoms with Gasteiger partial charge in [0, 0.05) is 51.2 Å². The number of hydrogen-bond acceptors (Lipinski definition) is 4. The number of pyridine rings is 1. The Morgan fingerprint density at radius 3 is 2.56 bits per heavy atom. The Morgan fingerprint density at radius 2 is 1.92 bits per heavy atom. The number of piperazine rings is 1. The van der Waals surface area contributed by atoms with Gasteiger partial charge in [0.2, 0.25) is 5.91 Å². The summed E-state index contributed by atoms with van der Waals surface area (Å²) in [5.41, 5.74) is 2.20. The number of aromatic nitrogens is 1. The Labute approximate surface area is 148 Å². The van der Waals surface area contributed by atoms with Crippen LogP contribution < -0.4 is 4.74 Å². The molecular formula is C20H23N3O2. The molecule has 0 atom stereocenters. The molecule has 1 aliphatic heterocycles. The van der Waals surface area contributed by atoms with Gasteiger partial charge in [0.05, 0.1) is 7.11 Å². The largest absolute Gasteiger partial charge is 0.497 e. The maximum Gasteiger partial charge on any atom is 0.246 e. The van der Waals surface area contributed by atoms with Gasteiger partial charge in [-0.25, -0.2) is 0 Å². The highest BCUT2D eigenvalue weighted by Crippen LogP contribution is 2.13. The van der Waals surface area contributed by atoms with Crippen molar-refractivity contribution in [2.24, 2.45) is 0 Å². The molecule has 3 rings (SSSR count). The lowest BCUT2D eigenvalue weighted by Crippen LogP contribution is -2.47. The van der Waals surface area contributed by atoms with Gasteiger partial charge in [-0.05, 0) is 35.4 Å². The molecule has 1 aliphatic rings. The molecule has 1 aromatic heterocycles. The number of rotatable bonds is 5. The van der Waals surface area contributed by atoms with Gasteiger partial charge in [-0.15, -0.1) is 0 Å². The zero-order valence-electron chi connectivity index (χ0n) is 14.5. The van der Waals surface area contributed by atoms with Crippen LogP contribution in [0.3, 0.4) is 0 Å². The van der Waals surface area contributed by atoms with E-state index in [1.54, 1.807) is 19.4 Å². The van der Waals surface area contributed by atoms with Crippen molar-refractivity contribution >= 4 is 12.0 Å². The first kappa shape index (κ1) is 17.2. The summed E-state index contributed by atoms with van der Waals surface area (Å²) in [5, 5.41) is 0. The number of ether oxygens (including phenoxy) is 1. The van der Waals surface area contributed by atoms with E-state index in [1.165, 1.54) is 5.56 Å². The molecule has 130 valence electrons. The van der Waals surface area contributed by atoms with Crippen LogP contribution in [0.15, 0.2) is 54.9 Å². The molecule has 0 saturated carbocycles. The van der Waals surface area contributed by atoms with Crippen molar-refractivity contribution in [1.29, 1.82) is 0 Å². The molecule has 0 N–H and O–H groups in total. The van der Waals surface area contributed by atoms with Gasteiger partial charge < -0.3 is 9.64 Å². The summed E-state index contributed by atoms with van der Waals surface area (Å²) in [6.45, 7) is 4.17. The molecule has 2 heterocycles. The predicted octanol–water partition coefficient (Wildman–Crippen LogP) is 2.45. The highest BCUT2D eigenvalue weighted by Gasteiger charge is 2.19. The van der Waals surface area contributed by atoms with Crippen molar-refractivity contribution in [3.05, 3.63) is 66.0 Å². The molecule has 0 radical (unpaired) electrons. The van der Waals surface area contributed by atoms with E-state index in [0.717, 1.165) is 44.0 Å². The maximum atomic E-state index is 12.3. The van der Waals surface area contributed by atoms with Crippen LogP contribution in [-0.2, 0) is 11.3 Å². The van der Waals surface area contributed by atoms with E-state index in [2.05, 4.69) is 16.0 Å². The molecule has 1 amide bonds. The van der Waals surface area contributed by atoms with E-state index in [4.69, 9.17) is 4.74 Å². The first-order chi connectivity index (χ1) is 12.2. The third-order valence-corrected chi connectivity index (χ3v) is 4.35. The van der Waals surface area contributed by atoms with E-state index < -0.39 is 0 Å². The van der Waals surface area contributed by atoms with Gasteiger partial charge in [0.1, 0.15) is 5.75 Å². The Bertz CT molecular complexity index is 705. The van der Waals surface area contributed by atoms with Crippen LogP contribution in [0.4, 0.5) is 0 Å². The fraction of sp³-hybridized carbons (Fsp3) is 0.300. The monoisotopic (exact) mass is 337 g/mol. The minimum absolute atomic E-state index is 0.0665. The second-order valence-electron chi connectivity index (χ2n) is 6.07. The number of methoxy groups -OCH3 is 1. The Kier molecular flexibility index (Phi) is 5.80. The Hall–Kier alpha value is -2.66. The minimum Gasteiger partial charge on any atom is -0.497 e. The predicted molar refractivity (Wildman–Crippen MR) is 98.1 cm³/mol. The van der Waals surface area contributed by atoms with Gasteiger partial charge in [0.25, 0.3) is 0 Å². The number of carbonyl (C=O) groups is 1. The summed E-state index contributed by atoms with van der Waals surface area (Å²) in [7, 11) is 1.64. The molecule has 5 heteroatoms. The number of hydrogen-bond donors (Lipinski definition) is 0. The van der Waals surface area contributed by atoms with Crippen LogP contribution in [0.1, 0.15) is 11.1 Å². The number of carbonyl (C=O) groups excluding carboxylic acids is 1. The first-order valence-electron chi connectivity index (χ1n) is 8.47. The van der Waals surface area contributed by atoms with Gasteiger partial charge in [-0.1, -0.05) is 18.2 Å². The second-order valence-corrected chi connectivity index (χ2v) is 6.07. The lowest BCUT2D eigenvalue weighted by atomic mass is 10.2. The molecule has 25 heavy (non-hydrogen) atoms. The number of amides is 1. The zero-order chi connectivity index (χ0) is 17.5. The molecule has 0 aliphatic carbocycles. The lowest BCUT2D eigenvalue weighted by Gasteiger charge is -2.34. The summed E-state index contributed by atoms with van der Waals surface area (Å²) in [4.78, 5) is 20.8. The molecule has 1 saturated heterocycles. The van der Waals surface area contributed by atoms with Crippen molar-refractivity contribution in [2.45, 2.75) is 6.54 Å². The van der Waals surface area contributed by atoms with Crippen molar-refractivity contribution < 1.29 is 9.53 Å². The van der Waals surface area contributed by atoms with Crippen molar-refractivity contribution in [2.75, 3.05) is 33.3 Å². The SMILES string of the molecule is COc1ccc(/C=C/C(=O)N2CCN(Cc3cccnc3)CC2)cc1. The summed E-state index contributed by atoms with van der Waals surface area (Å²) in [6.07, 6.45) is 7.19. The van der Waals surface area contributed by atoms with E-state index in [0.29, 0.717) is 0 Å². The fourth-order valence-corrected chi connectivity index (χ4v) is 2.86. The van der Waals surface area contributed by atoms with Gasteiger partial charge in [-0.3, -0.25) is 14.7 Å². The molecule has 0 spiro atoms. The summed E-state index contributed by atoms with van der Waals surface area (Å²) in [5.74, 6) is 0.880. The topological polar surface area (TPSA) is 45.7 Å². The third kappa shape index (κ3) is 4.90. The molecule has 0 bridgehead atoms. The molecule has 5 nitrogen and oxygen atoms in total. The highest BCUT2D eigenvalue weighted by atomic mass is 16.5. The zero-order valence-corrected chi connectivity index (χ0v) is 14.5. The molecule has 1 aromatic carbocycles. The third-order valence-electron chi connectivity index (χ3n) is 4.35. The van der Waals surface area contributed by atoms with Crippen molar-refractivity contribution in [3.8, 4) is 5.75 Å². The molecular weight excluding hydrogens is 314 g/mol. The Morgan fingerprint density at radius 1 is 1.16 bits per heavy atom. The van der Waals surface area contributed by atoms with Crippen LogP contribution in [0.25, 0.3) is 6.08 Å². The first-order valence-corrected chi connectivity index (χ1v) is 8.47. The average Bonchev–Trinajstić information content (AvgIpc) is 2.68. The molecule has 1 fully saturated rings. The van der Waals surface area contributed by atoms with Crippen molar-refractivity contribution in [3.63, 3.8) is 0 Å². The summed E-state index contributed by atoms with van der Waals surface area (Å²) >= 11 is 0. The van der Waals surface area contributed by atoms with E-state index >= 15 is 0 Å². The highest BCUT2D eigenvalue weighted by molar-refractivity contribution is 5.91. The van der Waals surface area contributed by atoms with Crippen LogP contribution in [0.5, 0.6) is 5.75 Å². The van der Waals surface area contributed by atoms with Gasteiger partial charge in [0.15, 0.2) is 0 Å².